The second-order valence-electron chi connectivity index (χ2n) is 6.40. The third-order valence-electron chi connectivity index (χ3n) is 5.16. The Hall–Kier alpha value is -0.900. The zero-order valence-electron chi connectivity index (χ0n) is 12.3. The number of hydrogen-bond acceptors (Lipinski definition) is 1. The van der Waals surface area contributed by atoms with Gasteiger partial charge in [-0.25, -0.2) is 4.39 Å². The van der Waals surface area contributed by atoms with Crippen molar-refractivity contribution in [2.24, 2.45) is 11.8 Å². The SMILES string of the molecule is C[C@H]1CCN(C(=O)c2ccc(Br)cc2F)[C@@H]2CCCC[C@H]21. The van der Waals surface area contributed by atoms with E-state index in [1.165, 1.54) is 25.3 Å². The van der Waals surface area contributed by atoms with E-state index in [2.05, 4.69) is 22.9 Å². The molecule has 0 unspecified atom stereocenters. The highest BCUT2D eigenvalue weighted by Gasteiger charge is 2.39. The summed E-state index contributed by atoms with van der Waals surface area (Å²) < 4.78 is 14.7. The Bertz CT molecular complexity index is 548. The van der Waals surface area contributed by atoms with Gasteiger partial charge < -0.3 is 4.90 Å². The minimum absolute atomic E-state index is 0.135. The standard InChI is InChI=1S/C17H21BrFNO/c1-11-8-9-20(16-5-3-2-4-13(11)16)17(21)14-7-6-12(18)10-15(14)19/h6-7,10-11,13,16H,2-5,8-9H2,1H3/t11-,13-,16+/m0/s1. The van der Waals surface area contributed by atoms with Crippen molar-refractivity contribution in [2.75, 3.05) is 6.54 Å². The summed E-state index contributed by atoms with van der Waals surface area (Å²) in [4.78, 5) is 14.7. The summed E-state index contributed by atoms with van der Waals surface area (Å²) in [5.41, 5.74) is 0.206. The summed E-state index contributed by atoms with van der Waals surface area (Å²) in [7, 11) is 0. The van der Waals surface area contributed by atoms with E-state index in [-0.39, 0.29) is 11.5 Å². The molecule has 1 saturated carbocycles. The summed E-state index contributed by atoms with van der Waals surface area (Å²) in [5.74, 6) is 0.702. The molecule has 1 aliphatic heterocycles. The number of carbonyl (C=O) groups excluding carboxylic acids is 1. The molecule has 2 fully saturated rings. The summed E-state index contributed by atoms with van der Waals surface area (Å²) in [6.45, 7) is 3.06. The van der Waals surface area contributed by atoms with Gasteiger partial charge in [0, 0.05) is 17.1 Å². The summed E-state index contributed by atoms with van der Waals surface area (Å²) in [6, 6.07) is 5.01. The molecule has 3 atom stereocenters. The first-order valence-electron chi connectivity index (χ1n) is 7.84. The van der Waals surface area contributed by atoms with Crippen LogP contribution < -0.4 is 0 Å². The molecule has 0 radical (unpaired) electrons. The second-order valence-corrected chi connectivity index (χ2v) is 7.32. The van der Waals surface area contributed by atoms with Crippen LogP contribution >= 0.6 is 15.9 Å². The topological polar surface area (TPSA) is 20.3 Å². The fraction of sp³-hybridized carbons (Fsp3) is 0.588. The third-order valence-corrected chi connectivity index (χ3v) is 5.65. The van der Waals surface area contributed by atoms with Crippen LogP contribution in [0.4, 0.5) is 4.39 Å². The number of likely N-dealkylation sites (tertiary alicyclic amines) is 1. The molecule has 2 nitrogen and oxygen atoms in total. The van der Waals surface area contributed by atoms with Gasteiger partial charge in [0.2, 0.25) is 0 Å². The average Bonchev–Trinajstić information content (AvgIpc) is 2.47. The lowest BCUT2D eigenvalue weighted by Crippen LogP contribution is -2.52. The molecule has 1 saturated heterocycles. The molecule has 21 heavy (non-hydrogen) atoms. The van der Waals surface area contributed by atoms with E-state index in [0.717, 1.165) is 19.4 Å². The Kier molecular flexibility index (Phi) is 4.34. The molecule has 1 heterocycles. The summed E-state index contributed by atoms with van der Waals surface area (Å²) in [6.07, 6.45) is 5.75. The van der Waals surface area contributed by atoms with Crippen molar-refractivity contribution < 1.29 is 9.18 Å². The van der Waals surface area contributed by atoms with Gasteiger partial charge in [0.15, 0.2) is 0 Å². The van der Waals surface area contributed by atoms with Gasteiger partial charge in [-0.1, -0.05) is 35.7 Å². The van der Waals surface area contributed by atoms with Crippen LogP contribution in [0.3, 0.4) is 0 Å². The van der Waals surface area contributed by atoms with Gasteiger partial charge in [0.1, 0.15) is 5.82 Å². The first-order valence-corrected chi connectivity index (χ1v) is 8.63. The van der Waals surface area contributed by atoms with Crippen LogP contribution in [0.1, 0.15) is 49.4 Å². The summed E-state index contributed by atoms with van der Waals surface area (Å²) in [5, 5.41) is 0. The molecule has 1 aliphatic carbocycles. The van der Waals surface area contributed by atoms with Crippen molar-refractivity contribution in [3.05, 3.63) is 34.1 Å². The maximum Gasteiger partial charge on any atom is 0.257 e. The van der Waals surface area contributed by atoms with E-state index in [1.54, 1.807) is 12.1 Å². The van der Waals surface area contributed by atoms with Crippen LogP contribution in [0, 0.1) is 17.7 Å². The minimum Gasteiger partial charge on any atom is -0.335 e. The quantitative estimate of drug-likeness (QED) is 0.720. The smallest absolute Gasteiger partial charge is 0.257 e. The molecule has 3 rings (SSSR count). The number of piperidine rings is 1. The molecule has 0 bridgehead atoms. The lowest BCUT2D eigenvalue weighted by atomic mass is 9.72. The highest BCUT2D eigenvalue weighted by atomic mass is 79.9. The molecule has 0 aromatic heterocycles. The number of amides is 1. The fourth-order valence-electron chi connectivity index (χ4n) is 3.98. The zero-order valence-corrected chi connectivity index (χ0v) is 13.9. The highest BCUT2D eigenvalue weighted by molar-refractivity contribution is 9.10. The maximum atomic E-state index is 14.1. The number of halogens is 2. The Morgan fingerprint density at radius 3 is 2.81 bits per heavy atom. The number of rotatable bonds is 1. The number of hydrogen-bond donors (Lipinski definition) is 0. The van der Waals surface area contributed by atoms with E-state index in [1.807, 2.05) is 4.90 Å². The van der Waals surface area contributed by atoms with Crippen molar-refractivity contribution in [1.29, 1.82) is 0 Å². The van der Waals surface area contributed by atoms with Crippen molar-refractivity contribution >= 4 is 21.8 Å². The minimum atomic E-state index is -0.430. The van der Waals surface area contributed by atoms with Gasteiger partial charge >= 0.3 is 0 Å². The van der Waals surface area contributed by atoms with E-state index in [0.29, 0.717) is 22.4 Å². The predicted molar refractivity (Wildman–Crippen MR) is 84.7 cm³/mol. The number of fused-ring (bicyclic) bond motifs is 1. The van der Waals surface area contributed by atoms with Crippen LogP contribution in [0.2, 0.25) is 0 Å². The maximum absolute atomic E-state index is 14.1. The van der Waals surface area contributed by atoms with Crippen molar-refractivity contribution in [2.45, 2.75) is 45.1 Å². The van der Waals surface area contributed by atoms with Crippen LogP contribution in [-0.4, -0.2) is 23.4 Å². The van der Waals surface area contributed by atoms with E-state index in [9.17, 15) is 9.18 Å². The fourth-order valence-corrected chi connectivity index (χ4v) is 4.32. The average molecular weight is 354 g/mol. The Morgan fingerprint density at radius 1 is 1.29 bits per heavy atom. The lowest BCUT2D eigenvalue weighted by molar-refractivity contribution is 0.0214. The van der Waals surface area contributed by atoms with Gasteiger partial charge in [-0.3, -0.25) is 4.79 Å². The van der Waals surface area contributed by atoms with E-state index >= 15 is 0 Å². The van der Waals surface area contributed by atoms with Gasteiger partial charge in [-0.15, -0.1) is 0 Å². The normalized spacial score (nSPS) is 29.1. The molecule has 114 valence electrons. The second kappa shape index (κ2) is 6.07. The van der Waals surface area contributed by atoms with E-state index < -0.39 is 5.82 Å². The summed E-state index contributed by atoms with van der Waals surface area (Å²) >= 11 is 3.24. The molecule has 1 aromatic rings. The third kappa shape index (κ3) is 2.87. The largest absolute Gasteiger partial charge is 0.335 e. The Morgan fingerprint density at radius 2 is 2.05 bits per heavy atom. The number of carbonyl (C=O) groups is 1. The molecular weight excluding hydrogens is 333 g/mol. The molecule has 1 aromatic carbocycles. The van der Waals surface area contributed by atoms with E-state index in [4.69, 9.17) is 0 Å². The van der Waals surface area contributed by atoms with Crippen molar-refractivity contribution in [3.8, 4) is 0 Å². The van der Waals surface area contributed by atoms with Crippen molar-refractivity contribution in [1.82, 2.24) is 4.90 Å². The monoisotopic (exact) mass is 353 g/mol. The molecule has 0 spiro atoms. The van der Waals surface area contributed by atoms with Gasteiger partial charge in [-0.2, -0.15) is 0 Å². The molecule has 1 amide bonds. The molecule has 4 heteroatoms. The van der Waals surface area contributed by atoms with Crippen LogP contribution in [-0.2, 0) is 0 Å². The van der Waals surface area contributed by atoms with Crippen LogP contribution in [0.15, 0.2) is 22.7 Å². The van der Waals surface area contributed by atoms with Gasteiger partial charge in [0.05, 0.1) is 5.56 Å². The van der Waals surface area contributed by atoms with Crippen LogP contribution in [0.25, 0.3) is 0 Å². The predicted octanol–water partition coefficient (Wildman–Crippen LogP) is 4.63. The zero-order chi connectivity index (χ0) is 15.0. The first kappa shape index (κ1) is 15.0. The first-order chi connectivity index (χ1) is 10.1. The lowest BCUT2D eigenvalue weighted by Gasteiger charge is -2.47. The number of benzene rings is 1. The Balaban J connectivity index is 1.86. The van der Waals surface area contributed by atoms with Gasteiger partial charge in [0.25, 0.3) is 5.91 Å². The molecule has 2 aliphatic rings. The number of nitrogens with zero attached hydrogens (tertiary/aromatic N) is 1. The van der Waals surface area contributed by atoms with Crippen molar-refractivity contribution in [3.63, 3.8) is 0 Å². The molecule has 0 N–H and O–H groups in total. The Labute approximate surface area is 133 Å². The molecular formula is C17H21BrFNO. The highest BCUT2D eigenvalue weighted by Crippen LogP contribution is 2.39. The van der Waals surface area contributed by atoms with Gasteiger partial charge in [-0.05, 0) is 49.3 Å². The van der Waals surface area contributed by atoms with Crippen LogP contribution in [0.5, 0.6) is 0 Å².